The second-order valence-corrected chi connectivity index (χ2v) is 8.53. The van der Waals surface area contributed by atoms with Crippen LogP contribution in [0, 0.1) is 0 Å². The second-order valence-electron chi connectivity index (χ2n) is 6.37. The van der Waals surface area contributed by atoms with Crippen molar-refractivity contribution in [2.75, 3.05) is 0 Å². The molecule has 2 aromatic heterocycles. The molecule has 0 saturated carbocycles. The van der Waals surface area contributed by atoms with Gasteiger partial charge in [0.15, 0.2) is 0 Å². The van der Waals surface area contributed by atoms with E-state index in [1.807, 2.05) is 23.6 Å². The van der Waals surface area contributed by atoms with E-state index < -0.39 is 0 Å². The molecule has 2 heterocycles. The number of thiophene rings is 1. The molecule has 0 aromatic carbocycles. The predicted octanol–water partition coefficient (Wildman–Crippen LogP) is 5.32. The molecule has 5 heteroatoms. The van der Waals surface area contributed by atoms with Gasteiger partial charge in [-0.15, -0.1) is 23.1 Å². The van der Waals surface area contributed by atoms with Crippen LogP contribution < -0.4 is 5.32 Å². The number of rotatable bonds is 5. The van der Waals surface area contributed by atoms with Crippen molar-refractivity contribution in [2.24, 2.45) is 0 Å². The molecule has 2 aromatic rings. The smallest absolute Gasteiger partial charge is 0.257 e. The molecule has 0 fully saturated rings. The monoisotopic (exact) mass is 368 g/mol. The van der Waals surface area contributed by atoms with Gasteiger partial charge in [-0.3, -0.25) is 9.78 Å². The molecule has 0 aliphatic heterocycles. The molecule has 0 saturated heterocycles. The first kappa shape index (κ1) is 16.6. The summed E-state index contributed by atoms with van der Waals surface area (Å²) in [5, 5.41) is 5.14. The predicted molar refractivity (Wildman–Crippen MR) is 104 cm³/mol. The van der Waals surface area contributed by atoms with Crippen molar-refractivity contribution in [1.82, 2.24) is 10.3 Å². The molecule has 1 N–H and O–H groups in total. The third kappa shape index (κ3) is 3.88. The Morgan fingerprint density at radius 3 is 2.92 bits per heavy atom. The lowest BCUT2D eigenvalue weighted by Gasteiger charge is -2.16. The van der Waals surface area contributed by atoms with Crippen LogP contribution in [0.15, 0.2) is 63.1 Å². The summed E-state index contributed by atoms with van der Waals surface area (Å²) >= 11 is 3.35. The second kappa shape index (κ2) is 7.58. The maximum absolute atomic E-state index is 12.7. The summed E-state index contributed by atoms with van der Waals surface area (Å²) in [6.07, 6.45) is 11.6. The maximum atomic E-state index is 12.7. The van der Waals surface area contributed by atoms with Crippen LogP contribution in [0.25, 0.3) is 0 Å². The van der Waals surface area contributed by atoms with Gasteiger partial charge in [-0.2, -0.15) is 0 Å². The number of thioether (sulfide) groups is 1. The average molecular weight is 369 g/mol. The molecular formula is C20H20N2OS2. The van der Waals surface area contributed by atoms with E-state index in [0.29, 0.717) is 0 Å². The molecule has 2 aliphatic carbocycles. The average Bonchev–Trinajstić information content (AvgIpc) is 3.29. The van der Waals surface area contributed by atoms with Crippen LogP contribution in [0.2, 0.25) is 0 Å². The van der Waals surface area contributed by atoms with Crippen LogP contribution in [0.1, 0.15) is 48.0 Å². The van der Waals surface area contributed by atoms with Crippen molar-refractivity contribution in [3.8, 4) is 0 Å². The number of allylic oxidation sites excluding steroid dienone is 4. The van der Waals surface area contributed by atoms with Crippen LogP contribution >= 0.6 is 23.1 Å². The highest BCUT2D eigenvalue weighted by Gasteiger charge is 2.20. The molecule has 128 valence electrons. The first-order valence-electron chi connectivity index (χ1n) is 8.61. The highest BCUT2D eigenvalue weighted by Crippen LogP contribution is 2.35. The Bertz CT molecular complexity index is 836. The van der Waals surface area contributed by atoms with Crippen LogP contribution in [-0.4, -0.2) is 10.9 Å². The number of hydrogen-bond donors (Lipinski definition) is 1. The Morgan fingerprint density at radius 2 is 2.04 bits per heavy atom. The van der Waals surface area contributed by atoms with Crippen LogP contribution in [0.3, 0.4) is 0 Å². The number of carbonyl (C=O) groups is 1. The number of nitrogens with one attached hydrogen (secondary N) is 1. The Hall–Kier alpha value is -1.85. The summed E-state index contributed by atoms with van der Waals surface area (Å²) in [5.41, 5.74) is 6.13. The topological polar surface area (TPSA) is 42.0 Å². The van der Waals surface area contributed by atoms with Crippen molar-refractivity contribution in [2.45, 2.75) is 42.1 Å². The lowest BCUT2D eigenvalue weighted by molar-refractivity contribution is 0.0962. The van der Waals surface area contributed by atoms with Crippen molar-refractivity contribution < 1.29 is 4.79 Å². The minimum absolute atomic E-state index is 0.0202. The summed E-state index contributed by atoms with van der Waals surface area (Å²) in [4.78, 5) is 16.8. The molecule has 2 aliphatic rings. The fraction of sp³-hybridized carbons (Fsp3) is 0.300. The first-order valence-corrected chi connectivity index (χ1v) is 10.5. The van der Waals surface area contributed by atoms with Gasteiger partial charge in [-0.1, -0.05) is 5.57 Å². The number of carbonyl (C=O) groups excluding carboxylic acids is 1. The molecule has 0 radical (unpaired) electrons. The number of amides is 1. The lowest BCUT2D eigenvalue weighted by atomic mass is 9.98. The molecule has 25 heavy (non-hydrogen) atoms. The Morgan fingerprint density at radius 1 is 1.16 bits per heavy atom. The first-order chi connectivity index (χ1) is 12.3. The standard InChI is InChI=1S/C20H20N2OS2/c23-19(22-17-5-4-15-2-1-3-16(15)12-17)18-8-11-24-20(18)25-13-14-6-9-21-10-7-14/h6-12H,1-5,13H2,(H,22,23). The summed E-state index contributed by atoms with van der Waals surface area (Å²) in [5.74, 6) is 0.870. The zero-order valence-electron chi connectivity index (χ0n) is 14.0. The quantitative estimate of drug-likeness (QED) is 0.726. The molecule has 0 bridgehead atoms. The summed E-state index contributed by atoms with van der Waals surface area (Å²) < 4.78 is 1.08. The molecule has 3 nitrogen and oxygen atoms in total. The number of aromatic nitrogens is 1. The molecule has 1 amide bonds. The molecular weight excluding hydrogens is 348 g/mol. The van der Waals surface area contributed by atoms with Gasteiger partial charge in [0, 0.05) is 23.8 Å². The number of pyridine rings is 1. The van der Waals surface area contributed by atoms with E-state index in [9.17, 15) is 4.79 Å². The van der Waals surface area contributed by atoms with Gasteiger partial charge >= 0.3 is 0 Å². The number of hydrogen-bond acceptors (Lipinski definition) is 4. The highest BCUT2D eigenvalue weighted by atomic mass is 32.2. The third-order valence-corrected chi connectivity index (χ3v) is 7.00. The summed E-state index contributed by atoms with van der Waals surface area (Å²) in [7, 11) is 0. The minimum atomic E-state index is 0.0202. The van der Waals surface area contributed by atoms with Gasteiger partial charge in [0.05, 0.1) is 9.77 Å². The Kier molecular flexibility index (Phi) is 5.04. The van der Waals surface area contributed by atoms with Gasteiger partial charge in [-0.05, 0) is 72.9 Å². The lowest BCUT2D eigenvalue weighted by Crippen LogP contribution is -2.24. The third-order valence-electron chi connectivity index (χ3n) is 4.69. The van der Waals surface area contributed by atoms with Crippen LogP contribution in [0.5, 0.6) is 0 Å². The molecule has 0 unspecified atom stereocenters. The fourth-order valence-electron chi connectivity index (χ4n) is 3.37. The zero-order chi connectivity index (χ0) is 17.1. The van der Waals surface area contributed by atoms with Crippen molar-refractivity contribution in [3.05, 3.63) is 70.0 Å². The normalized spacial score (nSPS) is 16.6. The van der Waals surface area contributed by atoms with Crippen LogP contribution in [0.4, 0.5) is 0 Å². The molecule has 4 rings (SSSR count). The Labute approximate surface area is 156 Å². The Balaban J connectivity index is 1.42. The molecule has 0 spiro atoms. The van der Waals surface area contributed by atoms with E-state index in [1.54, 1.807) is 41.1 Å². The van der Waals surface area contributed by atoms with E-state index >= 15 is 0 Å². The van der Waals surface area contributed by atoms with Crippen molar-refractivity contribution in [3.63, 3.8) is 0 Å². The zero-order valence-corrected chi connectivity index (χ0v) is 15.6. The van der Waals surface area contributed by atoms with Gasteiger partial charge in [0.2, 0.25) is 0 Å². The SMILES string of the molecule is O=C(NC1=CC2=C(CCC2)CC1)c1ccsc1SCc1ccncc1. The van der Waals surface area contributed by atoms with E-state index in [-0.39, 0.29) is 5.91 Å². The number of nitrogens with zero attached hydrogens (tertiary/aromatic N) is 1. The minimum Gasteiger partial charge on any atom is -0.326 e. The van der Waals surface area contributed by atoms with Gasteiger partial charge in [0.25, 0.3) is 5.91 Å². The van der Waals surface area contributed by atoms with E-state index in [2.05, 4.69) is 16.4 Å². The van der Waals surface area contributed by atoms with Crippen molar-refractivity contribution >= 4 is 29.0 Å². The fourth-order valence-corrected chi connectivity index (χ4v) is 5.41. The van der Waals surface area contributed by atoms with E-state index in [0.717, 1.165) is 34.1 Å². The van der Waals surface area contributed by atoms with E-state index in [4.69, 9.17) is 0 Å². The summed E-state index contributed by atoms with van der Waals surface area (Å²) in [6, 6.07) is 5.96. The highest BCUT2D eigenvalue weighted by molar-refractivity contribution is 8.00. The van der Waals surface area contributed by atoms with Crippen molar-refractivity contribution in [1.29, 1.82) is 0 Å². The summed E-state index contributed by atoms with van der Waals surface area (Å²) in [6.45, 7) is 0. The van der Waals surface area contributed by atoms with Gasteiger partial charge in [0.1, 0.15) is 0 Å². The van der Waals surface area contributed by atoms with E-state index in [1.165, 1.54) is 30.4 Å². The van der Waals surface area contributed by atoms with Crippen LogP contribution in [-0.2, 0) is 5.75 Å². The largest absolute Gasteiger partial charge is 0.326 e. The molecule has 0 atom stereocenters. The van der Waals surface area contributed by atoms with Gasteiger partial charge in [-0.25, -0.2) is 0 Å². The maximum Gasteiger partial charge on any atom is 0.257 e. The van der Waals surface area contributed by atoms with Gasteiger partial charge < -0.3 is 5.32 Å².